The van der Waals surface area contributed by atoms with Crippen molar-refractivity contribution in [1.82, 2.24) is 0 Å². The van der Waals surface area contributed by atoms with Gasteiger partial charge in [-0.05, 0) is 18.2 Å². The van der Waals surface area contributed by atoms with Gasteiger partial charge in [-0.2, -0.15) is 0 Å². The molecule has 0 fully saturated rings. The zero-order valence-electron chi connectivity index (χ0n) is 9.58. The van der Waals surface area contributed by atoms with Gasteiger partial charge in [-0.15, -0.1) is 0 Å². The first-order chi connectivity index (χ1) is 9.11. The lowest BCUT2D eigenvalue weighted by Gasteiger charge is -2.07. The van der Waals surface area contributed by atoms with Crippen LogP contribution in [0, 0.1) is 10.1 Å². The average molecular weight is 278 g/mol. The van der Waals surface area contributed by atoms with Gasteiger partial charge in [-0.3, -0.25) is 14.9 Å². The smallest absolute Gasteiger partial charge is 0.288 e. The van der Waals surface area contributed by atoms with Gasteiger partial charge in [0.2, 0.25) is 0 Å². The molecule has 0 aliphatic heterocycles. The van der Waals surface area contributed by atoms with Crippen molar-refractivity contribution < 1.29 is 14.5 Å². The Morgan fingerprint density at radius 2 is 1.95 bits per heavy atom. The number of ether oxygens (including phenoxy) is 1. The summed E-state index contributed by atoms with van der Waals surface area (Å²) in [6.07, 6.45) is 0.669. The minimum Gasteiger partial charge on any atom is -0.457 e. The van der Waals surface area contributed by atoms with Crippen molar-refractivity contribution in [1.29, 1.82) is 0 Å². The Labute approximate surface area is 113 Å². The number of carbonyl (C=O) groups is 1. The molecular formula is C13H8ClNO4. The summed E-state index contributed by atoms with van der Waals surface area (Å²) >= 11 is 5.77. The van der Waals surface area contributed by atoms with Crippen LogP contribution in [0.5, 0.6) is 11.5 Å². The molecule has 2 rings (SSSR count). The van der Waals surface area contributed by atoms with Gasteiger partial charge in [0, 0.05) is 12.1 Å². The fourth-order valence-electron chi connectivity index (χ4n) is 1.50. The standard InChI is InChI=1S/C13H8ClNO4/c14-11-7-10(5-6-12(11)15(17)18)19-13-4-2-1-3-9(13)8-16/h1-8H. The van der Waals surface area contributed by atoms with Crippen LogP contribution in [-0.2, 0) is 0 Å². The topological polar surface area (TPSA) is 69.4 Å². The van der Waals surface area contributed by atoms with E-state index in [4.69, 9.17) is 16.3 Å². The Kier molecular flexibility index (Phi) is 3.77. The molecule has 0 amide bonds. The highest BCUT2D eigenvalue weighted by atomic mass is 35.5. The molecule has 6 heteroatoms. The van der Waals surface area contributed by atoms with Crippen molar-refractivity contribution >= 4 is 23.6 Å². The van der Waals surface area contributed by atoms with E-state index in [0.29, 0.717) is 23.3 Å². The molecule has 5 nitrogen and oxygen atoms in total. The summed E-state index contributed by atoms with van der Waals surface area (Å²) in [5.41, 5.74) is 0.190. The lowest BCUT2D eigenvalue weighted by molar-refractivity contribution is -0.384. The highest BCUT2D eigenvalue weighted by Gasteiger charge is 2.13. The van der Waals surface area contributed by atoms with E-state index < -0.39 is 4.92 Å². The third kappa shape index (κ3) is 2.89. The summed E-state index contributed by atoms with van der Waals surface area (Å²) in [7, 11) is 0. The monoisotopic (exact) mass is 277 g/mol. The van der Waals surface area contributed by atoms with Gasteiger partial charge >= 0.3 is 0 Å². The van der Waals surface area contributed by atoms with E-state index >= 15 is 0 Å². The Balaban J connectivity index is 2.31. The molecule has 0 radical (unpaired) electrons. The Bertz CT molecular complexity index is 642. The largest absolute Gasteiger partial charge is 0.457 e. The van der Waals surface area contributed by atoms with Crippen molar-refractivity contribution in [3.05, 3.63) is 63.2 Å². The number of hydrogen-bond donors (Lipinski definition) is 0. The number of rotatable bonds is 4. The van der Waals surface area contributed by atoms with Gasteiger partial charge in [0.05, 0.1) is 10.5 Å². The number of halogens is 1. The summed E-state index contributed by atoms with van der Waals surface area (Å²) in [6, 6.07) is 10.7. The molecule has 2 aromatic carbocycles. The molecule has 96 valence electrons. The van der Waals surface area contributed by atoms with E-state index in [0.717, 1.165) is 0 Å². The number of benzene rings is 2. The quantitative estimate of drug-likeness (QED) is 0.483. The lowest BCUT2D eigenvalue weighted by Crippen LogP contribution is -1.92. The molecule has 2 aromatic rings. The van der Waals surface area contributed by atoms with E-state index in [1.807, 2.05) is 0 Å². The Morgan fingerprint density at radius 1 is 1.21 bits per heavy atom. The van der Waals surface area contributed by atoms with E-state index in [-0.39, 0.29) is 10.7 Å². The summed E-state index contributed by atoms with van der Waals surface area (Å²) in [5, 5.41) is 10.6. The van der Waals surface area contributed by atoms with Crippen LogP contribution in [-0.4, -0.2) is 11.2 Å². The van der Waals surface area contributed by atoms with E-state index in [9.17, 15) is 14.9 Å². The van der Waals surface area contributed by atoms with Gasteiger partial charge in [0.1, 0.15) is 16.5 Å². The second-order valence-electron chi connectivity index (χ2n) is 3.63. The minimum absolute atomic E-state index is 0.0221. The fourth-order valence-corrected chi connectivity index (χ4v) is 1.74. The maximum Gasteiger partial charge on any atom is 0.288 e. The molecular weight excluding hydrogens is 270 g/mol. The number of nitro benzene ring substituents is 1. The maximum atomic E-state index is 10.8. The summed E-state index contributed by atoms with van der Waals surface area (Å²) in [4.78, 5) is 20.9. The number of aldehydes is 1. The summed E-state index contributed by atoms with van der Waals surface area (Å²) in [5.74, 6) is 0.687. The van der Waals surface area contributed by atoms with Crippen molar-refractivity contribution in [2.45, 2.75) is 0 Å². The third-order valence-electron chi connectivity index (χ3n) is 2.39. The molecule has 0 bridgehead atoms. The molecule has 0 saturated heterocycles. The van der Waals surface area contributed by atoms with Crippen LogP contribution < -0.4 is 4.74 Å². The number of para-hydroxylation sites is 1. The predicted octanol–water partition coefficient (Wildman–Crippen LogP) is 3.85. The van der Waals surface area contributed by atoms with E-state index in [1.54, 1.807) is 24.3 Å². The number of nitrogens with zero attached hydrogens (tertiary/aromatic N) is 1. The van der Waals surface area contributed by atoms with Crippen molar-refractivity contribution in [2.75, 3.05) is 0 Å². The van der Waals surface area contributed by atoms with Crippen LogP contribution in [0.4, 0.5) is 5.69 Å². The molecule has 0 spiro atoms. The van der Waals surface area contributed by atoms with Crippen LogP contribution in [0.15, 0.2) is 42.5 Å². The molecule has 19 heavy (non-hydrogen) atoms. The van der Waals surface area contributed by atoms with Crippen LogP contribution >= 0.6 is 11.6 Å². The van der Waals surface area contributed by atoms with Crippen LogP contribution in [0.1, 0.15) is 10.4 Å². The van der Waals surface area contributed by atoms with Gasteiger partial charge in [0.15, 0.2) is 6.29 Å². The lowest BCUT2D eigenvalue weighted by atomic mass is 10.2. The number of carbonyl (C=O) groups excluding carboxylic acids is 1. The highest BCUT2D eigenvalue weighted by Crippen LogP contribution is 2.31. The number of hydrogen-bond acceptors (Lipinski definition) is 4. The first-order valence-electron chi connectivity index (χ1n) is 5.28. The van der Waals surface area contributed by atoms with Gasteiger partial charge in [0.25, 0.3) is 5.69 Å². The molecule has 0 saturated carbocycles. The normalized spacial score (nSPS) is 9.95. The zero-order valence-corrected chi connectivity index (χ0v) is 10.3. The molecule has 0 N–H and O–H groups in total. The van der Waals surface area contributed by atoms with E-state index in [2.05, 4.69) is 0 Å². The van der Waals surface area contributed by atoms with Crippen LogP contribution in [0.2, 0.25) is 5.02 Å². The Hall–Kier alpha value is -2.40. The van der Waals surface area contributed by atoms with Crippen molar-refractivity contribution in [2.24, 2.45) is 0 Å². The third-order valence-corrected chi connectivity index (χ3v) is 2.69. The highest BCUT2D eigenvalue weighted by molar-refractivity contribution is 6.32. The first-order valence-corrected chi connectivity index (χ1v) is 5.65. The average Bonchev–Trinajstić information content (AvgIpc) is 2.39. The van der Waals surface area contributed by atoms with Gasteiger partial charge in [-0.1, -0.05) is 23.7 Å². The minimum atomic E-state index is -0.578. The Morgan fingerprint density at radius 3 is 2.58 bits per heavy atom. The van der Waals surface area contributed by atoms with E-state index in [1.165, 1.54) is 18.2 Å². The van der Waals surface area contributed by atoms with Crippen LogP contribution in [0.25, 0.3) is 0 Å². The zero-order chi connectivity index (χ0) is 13.8. The number of nitro groups is 1. The van der Waals surface area contributed by atoms with Crippen molar-refractivity contribution in [3.63, 3.8) is 0 Å². The molecule has 0 aliphatic rings. The molecule has 0 unspecified atom stereocenters. The molecule has 0 aromatic heterocycles. The van der Waals surface area contributed by atoms with Crippen molar-refractivity contribution in [3.8, 4) is 11.5 Å². The maximum absolute atomic E-state index is 10.8. The molecule has 0 aliphatic carbocycles. The second kappa shape index (κ2) is 5.49. The SMILES string of the molecule is O=Cc1ccccc1Oc1ccc([N+](=O)[O-])c(Cl)c1. The summed E-state index contributed by atoms with van der Waals surface area (Å²) in [6.45, 7) is 0. The fraction of sp³-hybridized carbons (Fsp3) is 0. The molecule has 0 atom stereocenters. The first kappa shape index (κ1) is 13.0. The molecule has 0 heterocycles. The van der Waals surface area contributed by atoms with Gasteiger partial charge in [-0.25, -0.2) is 0 Å². The second-order valence-corrected chi connectivity index (χ2v) is 4.04. The predicted molar refractivity (Wildman–Crippen MR) is 70.0 cm³/mol. The van der Waals surface area contributed by atoms with Crippen LogP contribution in [0.3, 0.4) is 0 Å². The summed E-state index contributed by atoms with van der Waals surface area (Å²) < 4.78 is 5.48. The van der Waals surface area contributed by atoms with Gasteiger partial charge < -0.3 is 4.74 Å².